The SMILES string of the molecule is Cc1oc(CO)cc1N. The van der Waals surface area contributed by atoms with Crippen molar-refractivity contribution in [2.45, 2.75) is 13.5 Å². The second kappa shape index (κ2) is 2.11. The van der Waals surface area contributed by atoms with Crippen molar-refractivity contribution in [3.05, 3.63) is 17.6 Å². The van der Waals surface area contributed by atoms with Gasteiger partial charge in [-0.1, -0.05) is 0 Å². The van der Waals surface area contributed by atoms with Crippen LogP contribution in [0.15, 0.2) is 10.5 Å². The highest BCUT2D eigenvalue weighted by atomic mass is 16.4. The molecule has 1 heterocycles. The first-order chi connectivity index (χ1) is 4.24. The zero-order chi connectivity index (χ0) is 6.85. The van der Waals surface area contributed by atoms with E-state index in [4.69, 9.17) is 15.3 Å². The molecular formula is C6H9NO2. The Hall–Kier alpha value is -0.960. The maximum Gasteiger partial charge on any atom is 0.131 e. The molecule has 0 aliphatic rings. The van der Waals surface area contributed by atoms with Crippen LogP contribution in [0.3, 0.4) is 0 Å². The van der Waals surface area contributed by atoms with Gasteiger partial charge in [-0.05, 0) is 6.92 Å². The summed E-state index contributed by atoms with van der Waals surface area (Å²) in [6.45, 7) is 1.67. The third-order valence-corrected chi connectivity index (χ3v) is 1.16. The number of aryl methyl sites for hydroxylation is 1. The Balaban J connectivity index is 2.98. The predicted octanol–water partition coefficient (Wildman–Crippen LogP) is 0.663. The second-order valence-electron chi connectivity index (χ2n) is 1.88. The van der Waals surface area contributed by atoms with E-state index >= 15 is 0 Å². The monoisotopic (exact) mass is 127 g/mol. The number of hydrogen-bond acceptors (Lipinski definition) is 3. The molecule has 0 spiro atoms. The van der Waals surface area contributed by atoms with Crippen LogP contribution in [0.5, 0.6) is 0 Å². The van der Waals surface area contributed by atoms with Gasteiger partial charge in [-0.15, -0.1) is 0 Å². The lowest BCUT2D eigenvalue weighted by Crippen LogP contribution is -1.81. The standard InChI is InChI=1S/C6H9NO2/c1-4-6(7)2-5(3-8)9-4/h2,8H,3,7H2,1H3. The topological polar surface area (TPSA) is 59.4 Å². The van der Waals surface area contributed by atoms with Crippen LogP contribution in [-0.2, 0) is 6.61 Å². The number of furan rings is 1. The number of anilines is 1. The van der Waals surface area contributed by atoms with Gasteiger partial charge in [0.25, 0.3) is 0 Å². The Morgan fingerprint density at radius 2 is 2.44 bits per heavy atom. The number of rotatable bonds is 1. The van der Waals surface area contributed by atoms with Crippen LogP contribution in [0.1, 0.15) is 11.5 Å². The largest absolute Gasteiger partial charge is 0.462 e. The quantitative estimate of drug-likeness (QED) is 0.582. The fourth-order valence-corrected chi connectivity index (χ4v) is 0.638. The third kappa shape index (κ3) is 1.05. The highest BCUT2D eigenvalue weighted by molar-refractivity contribution is 5.42. The molecule has 0 amide bonds. The highest BCUT2D eigenvalue weighted by Crippen LogP contribution is 2.15. The maximum absolute atomic E-state index is 8.53. The van der Waals surface area contributed by atoms with Gasteiger partial charge in [0.15, 0.2) is 0 Å². The molecule has 3 nitrogen and oxygen atoms in total. The summed E-state index contributed by atoms with van der Waals surface area (Å²) >= 11 is 0. The van der Waals surface area contributed by atoms with Crippen molar-refractivity contribution >= 4 is 5.69 Å². The number of aliphatic hydroxyl groups is 1. The lowest BCUT2D eigenvalue weighted by Gasteiger charge is -1.83. The van der Waals surface area contributed by atoms with Gasteiger partial charge in [0.05, 0.1) is 5.69 Å². The summed E-state index contributed by atoms with van der Waals surface area (Å²) in [6.07, 6.45) is 0. The molecule has 0 radical (unpaired) electrons. The number of nitrogen functional groups attached to an aromatic ring is 1. The summed E-state index contributed by atoms with van der Waals surface area (Å²) in [6, 6.07) is 1.62. The van der Waals surface area contributed by atoms with Crippen LogP contribution in [0.2, 0.25) is 0 Å². The molecule has 0 aliphatic heterocycles. The van der Waals surface area contributed by atoms with Gasteiger partial charge in [-0.25, -0.2) is 0 Å². The van der Waals surface area contributed by atoms with Crippen LogP contribution in [0, 0.1) is 6.92 Å². The molecule has 0 saturated heterocycles. The average Bonchev–Trinajstić information content (AvgIpc) is 2.13. The number of aliphatic hydroxyl groups excluding tert-OH is 1. The zero-order valence-electron chi connectivity index (χ0n) is 5.22. The van der Waals surface area contributed by atoms with E-state index in [0.29, 0.717) is 17.2 Å². The van der Waals surface area contributed by atoms with E-state index < -0.39 is 0 Å². The minimum Gasteiger partial charge on any atom is -0.462 e. The first-order valence-corrected chi connectivity index (χ1v) is 2.69. The molecule has 9 heavy (non-hydrogen) atoms. The predicted molar refractivity (Wildman–Crippen MR) is 33.8 cm³/mol. The van der Waals surface area contributed by atoms with Gasteiger partial charge >= 0.3 is 0 Å². The normalized spacial score (nSPS) is 10.0. The zero-order valence-corrected chi connectivity index (χ0v) is 5.22. The van der Waals surface area contributed by atoms with Crippen molar-refractivity contribution in [1.82, 2.24) is 0 Å². The lowest BCUT2D eigenvalue weighted by molar-refractivity contribution is 0.245. The molecule has 1 aromatic heterocycles. The molecule has 0 aromatic carbocycles. The van der Waals surface area contributed by atoms with Crippen molar-refractivity contribution in [1.29, 1.82) is 0 Å². The molecule has 50 valence electrons. The highest BCUT2D eigenvalue weighted by Gasteiger charge is 2.00. The molecule has 1 rings (SSSR count). The lowest BCUT2D eigenvalue weighted by atomic mass is 10.4. The van der Waals surface area contributed by atoms with Crippen molar-refractivity contribution < 1.29 is 9.52 Å². The molecule has 0 aliphatic carbocycles. The Kier molecular flexibility index (Phi) is 1.44. The van der Waals surface area contributed by atoms with Gasteiger partial charge in [0, 0.05) is 6.07 Å². The molecule has 3 heteroatoms. The van der Waals surface area contributed by atoms with Gasteiger partial charge in [0.1, 0.15) is 18.1 Å². The van der Waals surface area contributed by atoms with E-state index in [2.05, 4.69) is 0 Å². The fraction of sp³-hybridized carbons (Fsp3) is 0.333. The summed E-state index contributed by atoms with van der Waals surface area (Å²) in [4.78, 5) is 0. The van der Waals surface area contributed by atoms with Gasteiger partial charge in [0.2, 0.25) is 0 Å². The van der Waals surface area contributed by atoms with Crippen LogP contribution in [-0.4, -0.2) is 5.11 Å². The summed E-state index contributed by atoms with van der Waals surface area (Å²) in [5.74, 6) is 1.18. The van der Waals surface area contributed by atoms with E-state index in [1.807, 2.05) is 0 Å². The van der Waals surface area contributed by atoms with Crippen molar-refractivity contribution in [3.63, 3.8) is 0 Å². The summed E-state index contributed by atoms with van der Waals surface area (Å²) in [7, 11) is 0. The molecule has 0 fully saturated rings. The minimum atomic E-state index is -0.0853. The summed E-state index contributed by atoms with van der Waals surface area (Å²) in [5.41, 5.74) is 6.01. The van der Waals surface area contributed by atoms with Crippen LogP contribution in [0.25, 0.3) is 0 Å². The Morgan fingerprint density at radius 1 is 1.78 bits per heavy atom. The molecule has 0 atom stereocenters. The van der Waals surface area contributed by atoms with Crippen molar-refractivity contribution in [2.24, 2.45) is 0 Å². The van der Waals surface area contributed by atoms with E-state index in [0.717, 1.165) is 0 Å². The Morgan fingerprint density at radius 3 is 2.67 bits per heavy atom. The molecular weight excluding hydrogens is 118 g/mol. The fourth-order valence-electron chi connectivity index (χ4n) is 0.638. The van der Waals surface area contributed by atoms with E-state index in [-0.39, 0.29) is 6.61 Å². The van der Waals surface area contributed by atoms with Crippen molar-refractivity contribution in [3.8, 4) is 0 Å². The van der Waals surface area contributed by atoms with Gasteiger partial charge in [-0.2, -0.15) is 0 Å². The minimum absolute atomic E-state index is 0.0853. The number of hydrogen-bond donors (Lipinski definition) is 2. The maximum atomic E-state index is 8.53. The molecule has 0 bridgehead atoms. The first kappa shape index (κ1) is 6.16. The molecule has 3 N–H and O–H groups in total. The van der Waals surface area contributed by atoms with Gasteiger partial charge < -0.3 is 15.3 Å². The number of nitrogens with two attached hydrogens (primary N) is 1. The molecule has 0 saturated carbocycles. The molecule has 0 unspecified atom stereocenters. The van der Waals surface area contributed by atoms with E-state index in [9.17, 15) is 0 Å². The Labute approximate surface area is 53.1 Å². The molecule has 1 aromatic rings. The summed E-state index contributed by atoms with van der Waals surface area (Å²) < 4.78 is 4.99. The van der Waals surface area contributed by atoms with E-state index in [1.165, 1.54) is 0 Å². The van der Waals surface area contributed by atoms with Crippen LogP contribution in [0.4, 0.5) is 5.69 Å². The van der Waals surface area contributed by atoms with E-state index in [1.54, 1.807) is 13.0 Å². The van der Waals surface area contributed by atoms with Crippen molar-refractivity contribution in [2.75, 3.05) is 5.73 Å². The Bertz CT molecular complexity index is 185. The average molecular weight is 127 g/mol. The smallest absolute Gasteiger partial charge is 0.131 e. The second-order valence-corrected chi connectivity index (χ2v) is 1.88. The first-order valence-electron chi connectivity index (χ1n) is 2.69. The summed E-state index contributed by atoms with van der Waals surface area (Å²) in [5, 5.41) is 8.53. The third-order valence-electron chi connectivity index (χ3n) is 1.16. The van der Waals surface area contributed by atoms with Crippen LogP contribution < -0.4 is 5.73 Å². The van der Waals surface area contributed by atoms with Gasteiger partial charge in [-0.3, -0.25) is 0 Å². The van der Waals surface area contributed by atoms with Crippen LogP contribution >= 0.6 is 0 Å².